The van der Waals surface area contributed by atoms with E-state index in [0.29, 0.717) is 35.5 Å². The monoisotopic (exact) mass is 608 g/mol. The van der Waals surface area contributed by atoms with Crippen LogP contribution in [0.15, 0.2) is 24.3 Å². The second-order valence-electron chi connectivity index (χ2n) is 9.98. The van der Waals surface area contributed by atoms with Crippen LogP contribution < -0.4 is 0 Å². The van der Waals surface area contributed by atoms with E-state index in [2.05, 4.69) is 0 Å². The first-order chi connectivity index (χ1) is 19.2. The first-order valence-corrected chi connectivity index (χ1v) is 15.4. The number of carboxylic acids is 1. The van der Waals surface area contributed by atoms with Gasteiger partial charge in [0.15, 0.2) is 11.0 Å². The van der Waals surface area contributed by atoms with Gasteiger partial charge in [-0.2, -0.15) is 0 Å². The molecular formula is C30H38ClO9P. The van der Waals surface area contributed by atoms with Gasteiger partial charge in [-0.1, -0.05) is 35.4 Å². The number of esters is 1. The van der Waals surface area contributed by atoms with E-state index < -0.39 is 41.2 Å². The van der Waals surface area contributed by atoms with Crippen molar-refractivity contribution in [1.29, 1.82) is 0 Å². The van der Waals surface area contributed by atoms with E-state index in [4.69, 9.17) is 25.8 Å². The predicted octanol–water partition coefficient (Wildman–Crippen LogP) is 5.54. The van der Waals surface area contributed by atoms with Gasteiger partial charge in [-0.05, 0) is 70.7 Å². The Morgan fingerprint density at radius 2 is 1.15 bits per heavy atom. The number of aryl methyl sites for hydroxylation is 6. The summed E-state index contributed by atoms with van der Waals surface area (Å²) in [5.74, 6) is -3.06. The number of carboxylic acid groups (broad SMARTS) is 1. The van der Waals surface area contributed by atoms with Crippen LogP contribution in [0.2, 0.25) is 0 Å². The first-order valence-electron chi connectivity index (χ1n) is 13.2. The number of ether oxygens (including phenoxy) is 3. The molecule has 2 rings (SSSR count). The van der Waals surface area contributed by atoms with Crippen LogP contribution in [0.5, 0.6) is 0 Å². The normalized spacial score (nSPS) is 13.0. The van der Waals surface area contributed by atoms with E-state index in [0.717, 1.165) is 11.1 Å². The predicted molar refractivity (Wildman–Crippen MR) is 157 cm³/mol. The zero-order chi connectivity index (χ0) is 31.1. The highest BCUT2D eigenvalue weighted by molar-refractivity contribution is 7.96. The maximum atomic E-state index is 15.1. The Morgan fingerprint density at radius 3 is 1.54 bits per heavy atom. The van der Waals surface area contributed by atoms with Gasteiger partial charge in [0.05, 0.1) is 19.8 Å². The van der Waals surface area contributed by atoms with Crippen molar-refractivity contribution in [3.8, 4) is 0 Å². The van der Waals surface area contributed by atoms with Crippen molar-refractivity contribution in [2.75, 3.05) is 33.0 Å². The van der Waals surface area contributed by atoms with Crippen molar-refractivity contribution >= 4 is 41.7 Å². The third-order valence-corrected chi connectivity index (χ3v) is 10.1. The highest BCUT2D eigenvalue weighted by Crippen LogP contribution is 2.59. The molecule has 2 unspecified atom stereocenters. The highest BCUT2D eigenvalue weighted by atomic mass is 35.5. The van der Waals surface area contributed by atoms with Gasteiger partial charge < -0.3 is 23.9 Å². The van der Waals surface area contributed by atoms with Gasteiger partial charge in [0.25, 0.3) is 0 Å². The molecule has 1 N–H and O–H groups in total. The van der Waals surface area contributed by atoms with Gasteiger partial charge in [-0.25, -0.2) is 0 Å². The molecule has 11 heteroatoms. The van der Waals surface area contributed by atoms with Gasteiger partial charge in [-0.3, -0.25) is 19.2 Å². The number of hydrogen-bond acceptors (Lipinski definition) is 8. The molecule has 2 aromatic carbocycles. The minimum atomic E-state index is -5.16. The molecular weight excluding hydrogens is 571 g/mol. The van der Waals surface area contributed by atoms with Crippen LogP contribution in [-0.2, 0) is 28.4 Å². The quantitative estimate of drug-likeness (QED) is 0.120. The van der Waals surface area contributed by atoms with E-state index in [1.807, 2.05) is 20.8 Å². The van der Waals surface area contributed by atoms with Crippen molar-refractivity contribution in [3.05, 3.63) is 68.8 Å². The van der Waals surface area contributed by atoms with Crippen LogP contribution in [0.1, 0.15) is 61.0 Å². The smallest absolute Gasteiger partial charge is 0.323 e. The molecule has 0 bridgehead atoms. The number of carbonyl (C=O) groups excluding carboxylic acids is 3. The first kappa shape index (κ1) is 34.4. The van der Waals surface area contributed by atoms with Crippen molar-refractivity contribution < 1.29 is 43.1 Å². The van der Waals surface area contributed by atoms with Crippen molar-refractivity contribution in [1.82, 2.24) is 0 Å². The number of rotatable bonds is 15. The molecule has 0 aliphatic carbocycles. The van der Waals surface area contributed by atoms with E-state index in [-0.39, 0.29) is 30.9 Å². The average Bonchev–Trinajstić information content (AvgIpc) is 2.86. The summed E-state index contributed by atoms with van der Waals surface area (Å²) in [6.45, 7) is 12.5. The average molecular weight is 609 g/mol. The molecule has 0 aliphatic heterocycles. The topological polar surface area (TPSA) is 133 Å². The fraction of sp³-hybridized carbons (Fsp3) is 0.467. The van der Waals surface area contributed by atoms with E-state index in [1.54, 1.807) is 52.0 Å². The Kier molecular flexibility index (Phi) is 12.5. The Hall–Kier alpha value is -2.84. The molecule has 0 radical (unpaired) electrons. The lowest BCUT2D eigenvalue weighted by atomic mass is 10.0. The zero-order valence-corrected chi connectivity index (χ0v) is 26.2. The molecule has 2 atom stereocenters. The number of benzene rings is 2. The van der Waals surface area contributed by atoms with Crippen LogP contribution in [0.25, 0.3) is 0 Å². The molecule has 0 spiro atoms. The largest absolute Gasteiger partial charge is 0.480 e. The van der Waals surface area contributed by atoms with E-state index in [1.165, 1.54) is 0 Å². The summed E-state index contributed by atoms with van der Waals surface area (Å²) < 4.78 is 30.8. The molecule has 0 aliphatic rings. The zero-order valence-electron chi connectivity index (χ0n) is 24.5. The number of alkyl halides is 1. The van der Waals surface area contributed by atoms with Crippen LogP contribution in [-0.4, -0.2) is 72.2 Å². The SMILES string of the molecule is CCOCCOCCOC(=O)C(C(Cl)C(=O)O)P(=O)(C(=O)c1c(C)cc(C)cc1C)C(=O)c1c(C)cc(C)cc1C. The summed E-state index contributed by atoms with van der Waals surface area (Å²) in [7, 11) is -5.16. The van der Waals surface area contributed by atoms with Gasteiger partial charge in [0.1, 0.15) is 6.61 Å². The molecule has 0 heterocycles. The lowest BCUT2D eigenvalue weighted by molar-refractivity contribution is -0.148. The maximum absolute atomic E-state index is 15.1. The van der Waals surface area contributed by atoms with Crippen LogP contribution in [0.3, 0.4) is 0 Å². The van der Waals surface area contributed by atoms with Gasteiger partial charge in [0.2, 0.25) is 18.2 Å². The van der Waals surface area contributed by atoms with Crippen LogP contribution in [0, 0.1) is 41.5 Å². The molecule has 9 nitrogen and oxygen atoms in total. The Labute approximate surface area is 245 Å². The molecule has 2 aromatic rings. The summed E-state index contributed by atoms with van der Waals surface area (Å²) in [6, 6.07) is 6.72. The lowest BCUT2D eigenvalue weighted by Crippen LogP contribution is -2.41. The second kappa shape index (κ2) is 14.9. The third kappa shape index (κ3) is 7.92. The standard InChI is InChI=1S/C30H38ClO9P/c1-8-38-9-10-39-11-12-40-28(34)26(25(31)27(32)33)41(37,29(35)23-19(4)13-17(2)14-20(23)5)30(36)24-21(6)15-18(3)16-22(24)7/h13-16,25-26H,8-12H2,1-7H3,(H,32,33). The molecule has 41 heavy (non-hydrogen) atoms. The summed E-state index contributed by atoms with van der Waals surface area (Å²) in [5.41, 5.74) is -1.27. The lowest BCUT2D eigenvalue weighted by Gasteiger charge is -2.28. The maximum Gasteiger partial charge on any atom is 0.323 e. The summed E-state index contributed by atoms with van der Waals surface area (Å²) in [4.78, 5) is 54.2. The van der Waals surface area contributed by atoms with Gasteiger partial charge >= 0.3 is 11.9 Å². The Balaban J connectivity index is 2.71. The Morgan fingerprint density at radius 1 is 0.756 bits per heavy atom. The number of aliphatic carboxylic acids is 1. The molecule has 0 saturated heterocycles. The van der Waals surface area contributed by atoms with Crippen LogP contribution >= 0.6 is 18.7 Å². The summed E-state index contributed by atoms with van der Waals surface area (Å²) >= 11 is 6.21. The minimum absolute atomic E-state index is 0.0268. The van der Waals surface area contributed by atoms with E-state index >= 15 is 4.57 Å². The second-order valence-corrected chi connectivity index (χ2v) is 13.1. The molecule has 0 fully saturated rings. The summed E-state index contributed by atoms with van der Waals surface area (Å²) in [6.07, 6.45) is 0. The minimum Gasteiger partial charge on any atom is -0.480 e. The number of carbonyl (C=O) groups is 4. The molecule has 0 amide bonds. The number of halogens is 1. The van der Waals surface area contributed by atoms with Crippen molar-refractivity contribution in [2.24, 2.45) is 0 Å². The molecule has 0 aromatic heterocycles. The molecule has 0 saturated carbocycles. The Bertz CT molecular complexity index is 1250. The van der Waals surface area contributed by atoms with E-state index in [9.17, 15) is 24.3 Å². The van der Waals surface area contributed by atoms with Gasteiger partial charge in [0, 0.05) is 17.7 Å². The highest BCUT2D eigenvalue weighted by Gasteiger charge is 2.57. The fourth-order valence-electron chi connectivity index (χ4n) is 4.95. The number of hydrogen-bond donors (Lipinski definition) is 1. The van der Waals surface area contributed by atoms with Crippen molar-refractivity contribution in [3.63, 3.8) is 0 Å². The fourth-order valence-corrected chi connectivity index (χ4v) is 8.46. The third-order valence-electron chi connectivity index (χ3n) is 6.58. The summed E-state index contributed by atoms with van der Waals surface area (Å²) in [5, 5.41) is 7.63. The van der Waals surface area contributed by atoms with Crippen LogP contribution in [0.4, 0.5) is 0 Å². The van der Waals surface area contributed by atoms with Gasteiger partial charge in [-0.15, -0.1) is 11.6 Å². The van der Waals surface area contributed by atoms with Crippen molar-refractivity contribution in [2.45, 2.75) is 59.5 Å². The molecule has 224 valence electrons.